The van der Waals surface area contributed by atoms with E-state index >= 15 is 0 Å². The third-order valence-corrected chi connectivity index (χ3v) is 8.94. The number of methoxy groups -OCH3 is 1. The lowest BCUT2D eigenvalue weighted by atomic mass is 9.79. The maximum Gasteiger partial charge on any atom is 0.337 e. The summed E-state index contributed by atoms with van der Waals surface area (Å²) in [6.45, 7) is 3.66. The average Bonchev–Trinajstić information content (AvgIpc) is 3.09. The summed E-state index contributed by atoms with van der Waals surface area (Å²) in [5.41, 5.74) is 6.14. The molecule has 3 aliphatic rings. The van der Waals surface area contributed by atoms with Gasteiger partial charge in [-0.05, 0) is 6.42 Å². The topological polar surface area (TPSA) is 296 Å². The molecule has 0 aromatic rings. The van der Waals surface area contributed by atoms with Crippen LogP contribution in [0.15, 0.2) is 41.6 Å². The zero-order valence-corrected chi connectivity index (χ0v) is 28.2. The molecule has 19 nitrogen and oxygen atoms in total. The second-order valence-corrected chi connectivity index (χ2v) is 12.3. The normalized spacial score (nSPS) is 34.4. The molecule has 0 radical (unpaired) electrons. The van der Waals surface area contributed by atoms with Crippen LogP contribution < -0.4 is 26.4 Å². The molecule has 0 bridgehead atoms. The highest BCUT2D eigenvalue weighted by molar-refractivity contribution is 5.89. The average molecular weight is 719 g/mol. The number of ether oxygens (including phenoxy) is 5. The lowest BCUT2D eigenvalue weighted by molar-refractivity contribution is -0.911. The molecule has 0 spiro atoms. The Morgan fingerprint density at radius 2 is 1.98 bits per heavy atom. The van der Waals surface area contributed by atoms with Crippen molar-refractivity contribution < 1.29 is 79.2 Å². The molecule has 0 aliphatic carbocycles. The number of nitrogens with zero attached hydrogens (tertiary/aromatic N) is 1. The lowest BCUT2D eigenvalue weighted by Crippen LogP contribution is -3.16. The maximum atomic E-state index is 12.9. The summed E-state index contributed by atoms with van der Waals surface area (Å²) in [6, 6.07) is -0.816. The number of carboxylic acids is 1. The Bertz CT molecular complexity index is 1220. The van der Waals surface area contributed by atoms with E-state index in [-0.39, 0.29) is 51.1 Å². The Labute approximate surface area is 289 Å². The number of guanidine groups is 1. The van der Waals surface area contributed by atoms with Gasteiger partial charge in [0.1, 0.15) is 18.8 Å². The first-order valence-electron chi connectivity index (χ1n) is 16.4. The number of hydrogen-bond donors (Lipinski definition) is 10. The number of piperidine rings is 1. The van der Waals surface area contributed by atoms with Crippen LogP contribution in [0.2, 0.25) is 0 Å². The van der Waals surface area contributed by atoms with Crippen LogP contribution in [0.25, 0.3) is 0 Å². The first-order chi connectivity index (χ1) is 23.9. The second-order valence-electron chi connectivity index (χ2n) is 12.3. The first-order valence-corrected chi connectivity index (χ1v) is 16.4. The van der Waals surface area contributed by atoms with E-state index in [1.807, 2.05) is 0 Å². The SMILES string of the molecule is C=CC1C(OC2OC(CO)C(O)C(O)(O)C2OC[NH2+]C)OC=C(C(=O)OC)C1C=CC1C[NH+](CCO)CC(C(=O)[O-])C1NC(N)=NCCCO. The smallest absolute Gasteiger partial charge is 0.337 e. The molecule has 19 heteroatoms. The molecule has 0 saturated carbocycles. The fourth-order valence-electron chi connectivity index (χ4n) is 6.36. The van der Waals surface area contributed by atoms with Gasteiger partial charge in [0.15, 0.2) is 25.1 Å². The number of likely N-dealkylation sites (tertiary alicyclic amines) is 1. The molecule has 11 atom stereocenters. The van der Waals surface area contributed by atoms with Gasteiger partial charge in [-0.15, -0.1) is 6.58 Å². The predicted molar refractivity (Wildman–Crippen MR) is 169 cm³/mol. The number of aliphatic hydroxyl groups is 6. The Morgan fingerprint density at radius 3 is 2.58 bits per heavy atom. The zero-order valence-electron chi connectivity index (χ0n) is 28.2. The molecule has 12 N–H and O–H groups in total. The van der Waals surface area contributed by atoms with Crippen LogP contribution in [0.4, 0.5) is 0 Å². The molecule has 2 fully saturated rings. The van der Waals surface area contributed by atoms with Gasteiger partial charge < -0.3 is 85.5 Å². The van der Waals surface area contributed by atoms with Gasteiger partial charge in [-0.3, -0.25) is 4.99 Å². The van der Waals surface area contributed by atoms with E-state index in [1.165, 1.54) is 13.2 Å². The van der Waals surface area contributed by atoms with Crippen molar-refractivity contribution >= 4 is 17.9 Å². The highest BCUT2D eigenvalue weighted by atomic mass is 16.8. The van der Waals surface area contributed by atoms with Crippen molar-refractivity contribution in [2.75, 3.05) is 66.9 Å². The van der Waals surface area contributed by atoms with Crippen LogP contribution in [0.5, 0.6) is 0 Å². The van der Waals surface area contributed by atoms with E-state index in [2.05, 4.69) is 16.9 Å². The maximum absolute atomic E-state index is 12.9. The summed E-state index contributed by atoms with van der Waals surface area (Å²) in [6.07, 6.45) is -1.76. The van der Waals surface area contributed by atoms with Crippen molar-refractivity contribution in [3.05, 3.63) is 36.6 Å². The number of aliphatic hydroxyl groups excluding tert-OH is 4. The molecule has 0 amide bonds. The van der Waals surface area contributed by atoms with Crippen LogP contribution in [0.1, 0.15) is 6.42 Å². The molecule has 284 valence electrons. The number of quaternary nitrogens is 2. The number of esters is 1. The number of carbonyl (C=O) groups excluding carboxylic acids is 2. The van der Waals surface area contributed by atoms with Crippen LogP contribution >= 0.6 is 0 Å². The number of aliphatic carboxylic acids is 1. The molecule has 50 heavy (non-hydrogen) atoms. The molecular formula is C31H52N5O14+. The van der Waals surface area contributed by atoms with Crippen LogP contribution in [-0.4, -0.2) is 158 Å². The third kappa shape index (κ3) is 9.98. The van der Waals surface area contributed by atoms with E-state index in [1.54, 1.807) is 24.5 Å². The fourth-order valence-corrected chi connectivity index (χ4v) is 6.36. The van der Waals surface area contributed by atoms with Gasteiger partial charge in [0, 0.05) is 25.0 Å². The van der Waals surface area contributed by atoms with E-state index in [0.717, 1.165) is 11.2 Å². The number of carboxylic acid groups (broad SMARTS) is 1. The second kappa shape index (κ2) is 19.4. The molecule has 3 aliphatic heterocycles. The van der Waals surface area contributed by atoms with Crippen LogP contribution in [0, 0.1) is 23.7 Å². The van der Waals surface area contributed by atoms with E-state index in [9.17, 15) is 40.2 Å². The molecule has 2 saturated heterocycles. The van der Waals surface area contributed by atoms with E-state index in [0.29, 0.717) is 13.0 Å². The number of nitrogens with one attached hydrogen (secondary N) is 2. The molecule has 3 rings (SSSR count). The minimum atomic E-state index is -2.91. The summed E-state index contributed by atoms with van der Waals surface area (Å²) in [5, 5.41) is 77.5. The van der Waals surface area contributed by atoms with Crippen molar-refractivity contribution in [3.63, 3.8) is 0 Å². The van der Waals surface area contributed by atoms with Crippen molar-refractivity contribution in [2.45, 2.75) is 49.1 Å². The molecular weight excluding hydrogens is 666 g/mol. The summed E-state index contributed by atoms with van der Waals surface area (Å²) in [7, 11) is 2.84. The van der Waals surface area contributed by atoms with E-state index in [4.69, 9.17) is 34.5 Å². The van der Waals surface area contributed by atoms with Crippen molar-refractivity contribution in [1.29, 1.82) is 0 Å². The number of allylic oxidation sites excluding steroid dienone is 1. The Morgan fingerprint density at radius 1 is 1.24 bits per heavy atom. The monoisotopic (exact) mass is 718 g/mol. The van der Waals surface area contributed by atoms with Gasteiger partial charge >= 0.3 is 5.97 Å². The molecule has 3 heterocycles. The highest BCUT2D eigenvalue weighted by Gasteiger charge is 2.57. The van der Waals surface area contributed by atoms with Crippen molar-refractivity contribution in [3.8, 4) is 0 Å². The predicted octanol–water partition coefficient (Wildman–Crippen LogP) is -7.79. The number of carbonyl (C=O) groups is 2. The van der Waals surface area contributed by atoms with E-state index < -0.39 is 84.9 Å². The summed E-state index contributed by atoms with van der Waals surface area (Å²) < 4.78 is 28.0. The largest absolute Gasteiger partial charge is 0.550 e. The zero-order chi connectivity index (χ0) is 37.0. The number of nitrogens with two attached hydrogens (primary N) is 2. The Kier molecular flexibility index (Phi) is 16.0. The van der Waals surface area contributed by atoms with Gasteiger partial charge in [0.2, 0.25) is 12.1 Å². The molecule has 0 aromatic carbocycles. The Hall–Kier alpha value is -3.21. The van der Waals surface area contributed by atoms with Gasteiger partial charge in [-0.25, -0.2) is 4.79 Å². The van der Waals surface area contributed by atoms with Gasteiger partial charge in [-0.2, -0.15) is 0 Å². The minimum Gasteiger partial charge on any atom is -0.550 e. The third-order valence-electron chi connectivity index (χ3n) is 8.94. The van der Waals surface area contributed by atoms with Crippen molar-refractivity contribution in [1.82, 2.24) is 5.32 Å². The molecule has 0 aromatic heterocycles. The standard InChI is InChI=1S/C31H51N5O14/c1-4-18-19(7-6-17-12-36(9-11-38)13-20(26(41)42)23(17)35-30(32)34-8-5-10-37)21(27(43)46-3)15-47-28(18)50-29-25(48-16-33-2)31(44,45)24(40)22(14-39)49-29/h4,6-7,15,17-20,22-25,28-29,33,37-40,44-45H,1,5,8-14,16H2,2-3H3,(H,41,42)(H3,32,34,35)/p+1. The molecule has 11 unspecified atom stereocenters. The van der Waals surface area contributed by atoms with Gasteiger partial charge in [0.05, 0.1) is 76.1 Å². The summed E-state index contributed by atoms with van der Waals surface area (Å²) >= 11 is 0. The summed E-state index contributed by atoms with van der Waals surface area (Å²) in [5.74, 6) is -8.38. The Balaban J connectivity index is 2.00. The fraction of sp³-hybridized carbons (Fsp3) is 0.710. The van der Waals surface area contributed by atoms with Gasteiger partial charge in [0.25, 0.3) is 0 Å². The number of hydrogen-bond acceptors (Lipinski definition) is 15. The lowest BCUT2D eigenvalue weighted by Gasteiger charge is -2.47. The van der Waals surface area contributed by atoms with Crippen molar-refractivity contribution in [2.24, 2.45) is 34.4 Å². The number of rotatable bonds is 17. The number of aliphatic imine (C=N–C) groups is 1. The highest BCUT2D eigenvalue weighted by Crippen LogP contribution is 2.38. The minimum absolute atomic E-state index is 0.0302. The van der Waals surface area contributed by atoms with Gasteiger partial charge in [-0.1, -0.05) is 18.2 Å². The quantitative estimate of drug-likeness (QED) is 0.0167. The summed E-state index contributed by atoms with van der Waals surface area (Å²) in [4.78, 5) is 30.2. The van der Waals surface area contributed by atoms with Crippen LogP contribution in [0.3, 0.4) is 0 Å². The van der Waals surface area contributed by atoms with Crippen LogP contribution in [-0.2, 0) is 33.3 Å². The first kappa shape index (κ1) is 41.2.